The predicted molar refractivity (Wildman–Crippen MR) is 78.5 cm³/mol. The summed E-state index contributed by atoms with van der Waals surface area (Å²) in [6.45, 7) is 3.58. The lowest BCUT2D eigenvalue weighted by Crippen LogP contribution is -2.46. The number of sulfonamides is 1. The summed E-state index contributed by atoms with van der Waals surface area (Å²) in [5.74, 6) is -0.585. The number of benzene rings is 1. The molecule has 0 heterocycles. The molecular weight excluding hydrogens is 296 g/mol. The van der Waals surface area contributed by atoms with Crippen LogP contribution in [0, 0.1) is 0 Å². The fourth-order valence-corrected chi connectivity index (χ4v) is 3.36. The van der Waals surface area contributed by atoms with Gasteiger partial charge < -0.3 is 15.2 Å². The number of methoxy groups -OCH3 is 2. The van der Waals surface area contributed by atoms with Crippen LogP contribution in [-0.2, 0) is 19.5 Å². The van der Waals surface area contributed by atoms with Gasteiger partial charge in [-0.15, -0.1) is 0 Å². The Morgan fingerprint density at radius 1 is 1.33 bits per heavy atom. The monoisotopic (exact) mass is 316 g/mol. The molecule has 0 fully saturated rings. The summed E-state index contributed by atoms with van der Waals surface area (Å²) in [5, 5.41) is 0. The van der Waals surface area contributed by atoms with E-state index in [9.17, 15) is 13.2 Å². The minimum Gasteiger partial charge on any atom is -0.465 e. The summed E-state index contributed by atoms with van der Waals surface area (Å²) in [4.78, 5) is 11.3. The van der Waals surface area contributed by atoms with E-state index < -0.39 is 21.5 Å². The molecule has 0 amide bonds. The van der Waals surface area contributed by atoms with Gasteiger partial charge in [0.1, 0.15) is 4.90 Å². The van der Waals surface area contributed by atoms with Gasteiger partial charge in [-0.05, 0) is 32.0 Å². The second-order valence-electron chi connectivity index (χ2n) is 5.17. The number of carbonyl (C=O) groups is 1. The second-order valence-corrected chi connectivity index (χ2v) is 6.82. The van der Waals surface area contributed by atoms with Gasteiger partial charge in [0.15, 0.2) is 0 Å². The summed E-state index contributed by atoms with van der Waals surface area (Å²) in [6, 6.07) is 3.89. The van der Waals surface area contributed by atoms with Crippen LogP contribution in [0.4, 0.5) is 5.69 Å². The van der Waals surface area contributed by atoms with Gasteiger partial charge in [-0.2, -0.15) is 0 Å². The van der Waals surface area contributed by atoms with Crippen LogP contribution in [0.25, 0.3) is 0 Å². The van der Waals surface area contributed by atoms with Gasteiger partial charge >= 0.3 is 5.97 Å². The average Bonchev–Trinajstić information content (AvgIpc) is 2.35. The van der Waals surface area contributed by atoms with Crippen LogP contribution in [0.2, 0.25) is 0 Å². The number of ether oxygens (including phenoxy) is 2. The standard InChI is InChI=1S/C13H20N2O5S/c1-13(2,8-19-3)15-21(17,18)11-6-5-9(7-10(11)14)12(16)20-4/h5-7,15H,8,14H2,1-4H3. The number of esters is 1. The van der Waals surface area contributed by atoms with Gasteiger partial charge in [0.2, 0.25) is 10.0 Å². The van der Waals surface area contributed by atoms with Crippen LogP contribution in [-0.4, -0.2) is 40.8 Å². The largest absolute Gasteiger partial charge is 0.465 e. The van der Waals surface area contributed by atoms with Crippen molar-refractivity contribution in [2.45, 2.75) is 24.3 Å². The molecule has 0 radical (unpaired) electrons. The maximum absolute atomic E-state index is 12.3. The molecule has 0 aliphatic carbocycles. The highest BCUT2D eigenvalue weighted by atomic mass is 32.2. The number of carbonyl (C=O) groups excluding carboxylic acids is 1. The zero-order chi connectivity index (χ0) is 16.3. The molecule has 1 aromatic rings. The first-order valence-corrected chi connectivity index (χ1v) is 7.62. The van der Waals surface area contributed by atoms with Crippen molar-refractivity contribution in [2.75, 3.05) is 26.6 Å². The van der Waals surface area contributed by atoms with Crippen LogP contribution < -0.4 is 10.5 Å². The van der Waals surface area contributed by atoms with Gasteiger partial charge in [-0.3, -0.25) is 0 Å². The Bertz CT molecular complexity index is 625. The minimum absolute atomic E-state index is 0.0291. The third-order valence-corrected chi connectivity index (χ3v) is 4.41. The number of hydrogen-bond acceptors (Lipinski definition) is 6. The number of nitrogens with two attached hydrogens (primary N) is 1. The maximum atomic E-state index is 12.3. The van der Waals surface area contributed by atoms with Crippen LogP contribution in [0.15, 0.2) is 23.1 Å². The Labute approximate surface area is 124 Å². The van der Waals surface area contributed by atoms with Crippen molar-refractivity contribution in [3.63, 3.8) is 0 Å². The fraction of sp³-hybridized carbons (Fsp3) is 0.462. The van der Waals surface area contributed by atoms with Crippen molar-refractivity contribution in [3.05, 3.63) is 23.8 Å². The van der Waals surface area contributed by atoms with E-state index in [0.717, 1.165) is 0 Å². The van der Waals surface area contributed by atoms with Gasteiger partial charge in [-0.1, -0.05) is 0 Å². The molecule has 1 aromatic carbocycles. The number of hydrogen-bond donors (Lipinski definition) is 2. The molecule has 3 N–H and O–H groups in total. The van der Waals surface area contributed by atoms with Gasteiger partial charge in [0, 0.05) is 7.11 Å². The van der Waals surface area contributed by atoms with E-state index in [-0.39, 0.29) is 22.8 Å². The highest BCUT2D eigenvalue weighted by Gasteiger charge is 2.28. The van der Waals surface area contributed by atoms with Crippen molar-refractivity contribution in [1.82, 2.24) is 4.72 Å². The molecule has 0 bridgehead atoms. The van der Waals surface area contributed by atoms with Gasteiger partial charge in [0.05, 0.1) is 30.5 Å². The van der Waals surface area contributed by atoms with E-state index in [1.165, 1.54) is 32.4 Å². The summed E-state index contributed by atoms with van der Waals surface area (Å²) < 4.78 is 36.7. The topological polar surface area (TPSA) is 108 Å². The highest BCUT2D eigenvalue weighted by molar-refractivity contribution is 7.89. The van der Waals surface area contributed by atoms with Crippen molar-refractivity contribution in [2.24, 2.45) is 0 Å². The second kappa shape index (κ2) is 6.42. The molecule has 0 saturated heterocycles. The summed E-state index contributed by atoms with van der Waals surface area (Å²) in [6.07, 6.45) is 0. The lowest BCUT2D eigenvalue weighted by molar-refractivity contribution is 0.0600. The zero-order valence-electron chi connectivity index (χ0n) is 12.5. The average molecular weight is 316 g/mol. The van der Waals surface area contributed by atoms with E-state index >= 15 is 0 Å². The molecule has 0 unspecified atom stereocenters. The smallest absolute Gasteiger partial charge is 0.337 e. The van der Waals surface area contributed by atoms with E-state index in [1.807, 2.05) is 0 Å². The predicted octanol–water partition coefficient (Wildman–Crippen LogP) is 0.759. The van der Waals surface area contributed by atoms with Gasteiger partial charge in [-0.25, -0.2) is 17.9 Å². The minimum atomic E-state index is -3.83. The van der Waals surface area contributed by atoms with E-state index in [4.69, 9.17) is 10.5 Å². The third kappa shape index (κ3) is 4.42. The van der Waals surface area contributed by atoms with Crippen molar-refractivity contribution in [1.29, 1.82) is 0 Å². The normalized spacial score (nSPS) is 12.2. The lowest BCUT2D eigenvalue weighted by Gasteiger charge is -2.25. The Morgan fingerprint density at radius 3 is 2.43 bits per heavy atom. The maximum Gasteiger partial charge on any atom is 0.337 e. The molecule has 118 valence electrons. The number of nitrogens with one attached hydrogen (secondary N) is 1. The van der Waals surface area contributed by atoms with Crippen LogP contribution in [0.1, 0.15) is 24.2 Å². The molecule has 0 atom stereocenters. The fourth-order valence-electron chi connectivity index (χ4n) is 1.85. The SMILES string of the molecule is COCC(C)(C)NS(=O)(=O)c1ccc(C(=O)OC)cc1N. The van der Waals surface area contributed by atoms with E-state index in [1.54, 1.807) is 13.8 Å². The molecule has 21 heavy (non-hydrogen) atoms. The highest BCUT2D eigenvalue weighted by Crippen LogP contribution is 2.22. The Hall–Kier alpha value is -1.64. The van der Waals surface area contributed by atoms with E-state index in [0.29, 0.717) is 0 Å². The third-order valence-electron chi connectivity index (χ3n) is 2.64. The van der Waals surface area contributed by atoms with Gasteiger partial charge in [0.25, 0.3) is 0 Å². The molecular formula is C13H20N2O5S. The van der Waals surface area contributed by atoms with Crippen molar-refractivity contribution in [3.8, 4) is 0 Å². The number of rotatable bonds is 6. The van der Waals surface area contributed by atoms with E-state index in [2.05, 4.69) is 9.46 Å². The summed E-state index contributed by atoms with van der Waals surface area (Å²) in [5.41, 5.74) is 5.10. The first-order valence-electron chi connectivity index (χ1n) is 6.14. The molecule has 0 aliphatic rings. The first kappa shape index (κ1) is 17.4. The Kier molecular flexibility index (Phi) is 5.32. The Balaban J connectivity index is 3.13. The molecule has 1 rings (SSSR count). The summed E-state index contributed by atoms with van der Waals surface area (Å²) >= 11 is 0. The molecule has 0 saturated carbocycles. The zero-order valence-corrected chi connectivity index (χ0v) is 13.3. The quantitative estimate of drug-likeness (QED) is 0.592. The molecule has 8 heteroatoms. The Morgan fingerprint density at radius 2 is 1.95 bits per heavy atom. The van der Waals surface area contributed by atoms with Crippen LogP contribution in [0.5, 0.6) is 0 Å². The number of anilines is 1. The van der Waals surface area contributed by atoms with Crippen LogP contribution in [0.3, 0.4) is 0 Å². The molecule has 0 aromatic heterocycles. The van der Waals surface area contributed by atoms with Crippen LogP contribution >= 0.6 is 0 Å². The first-order chi connectivity index (χ1) is 9.63. The molecule has 0 spiro atoms. The van der Waals surface area contributed by atoms with Crippen molar-refractivity contribution >= 4 is 21.7 Å². The molecule has 7 nitrogen and oxygen atoms in total. The number of nitrogen functional groups attached to an aromatic ring is 1. The summed E-state index contributed by atoms with van der Waals surface area (Å²) in [7, 11) is -1.11. The lowest BCUT2D eigenvalue weighted by atomic mass is 10.1. The molecule has 0 aliphatic heterocycles. The van der Waals surface area contributed by atoms with Crippen molar-refractivity contribution < 1.29 is 22.7 Å².